The molecule has 0 aliphatic rings. The zero-order valence-corrected chi connectivity index (χ0v) is 17.1. The Morgan fingerprint density at radius 2 is 1.68 bits per heavy atom. The number of benzene rings is 1. The highest BCUT2D eigenvalue weighted by atomic mass is 79.9. The fourth-order valence-corrected chi connectivity index (χ4v) is 3.68. The third-order valence-corrected chi connectivity index (χ3v) is 5.09. The van der Waals surface area contributed by atoms with Gasteiger partial charge in [-0.1, -0.05) is 0 Å². The van der Waals surface area contributed by atoms with Gasteiger partial charge in [-0.05, 0) is 45.8 Å². The highest BCUT2D eigenvalue weighted by molar-refractivity contribution is 9.11. The SMILES string of the molecule is CN=C(NCc1cc(OC)c(OC)c(OC)c1)NCc1ccc(Br)s1. The van der Waals surface area contributed by atoms with E-state index in [2.05, 4.69) is 37.6 Å². The van der Waals surface area contributed by atoms with E-state index in [1.165, 1.54) is 4.88 Å². The summed E-state index contributed by atoms with van der Waals surface area (Å²) in [6.45, 7) is 1.29. The molecule has 136 valence electrons. The molecule has 0 unspecified atom stereocenters. The van der Waals surface area contributed by atoms with Crippen LogP contribution in [0.15, 0.2) is 33.0 Å². The van der Waals surface area contributed by atoms with Crippen LogP contribution in [0.5, 0.6) is 17.2 Å². The van der Waals surface area contributed by atoms with Crippen molar-refractivity contribution in [1.29, 1.82) is 0 Å². The zero-order valence-electron chi connectivity index (χ0n) is 14.7. The molecule has 0 bridgehead atoms. The van der Waals surface area contributed by atoms with Crippen LogP contribution in [0, 0.1) is 0 Å². The minimum atomic E-state index is 0.574. The molecular weight excluding hydrogens is 406 g/mol. The average Bonchev–Trinajstić information content (AvgIpc) is 3.06. The summed E-state index contributed by atoms with van der Waals surface area (Å²) >= 11 is 5.16. The van der Waals surface area contributed by atoms with Crippen LogP contribution in [0.4, 0.5) is 0 Å². The molecule has 0 saturated heterocycles. The Morgan fingerprint density at radius 1 is 1.04 bits per heavy atom. The second-order valence-corrected chi connectivity index (χ2v) is 7.57. The van der Waals surface area contributed by atoms with E-state index in [9.17, 15) is 0 Å². The number of halogens is 1. The Labute approximate surface area is 160 Å². The number of rotatable bonds is 7. The highest BCUT2D eigenvalue weighted by Gasteiger charge is 2.13. The van der Waals surface area contributed by atoms with Crippen molar-refractivity contribution in [3.63, 3.8) is 0 Å². The number of guanidine groups is 1. The standard InChI is InChI=1S/C17H22BrN3O3S/c1-19-17(21-10-12-5-6-15(18)25-12)20-9-11-7-13(22-2)16(24-4)14(8-11)23-3/h5-8H,9-10H2,1-4H3,(H2,19,20,21). The quantitative estimate of drug-likeness (QED) is 0.523. The number of thiophene rings is 1. The van der Waals surface area contributed by atoms with Crippen molar-refractivity contribution in [2.24, 2.45) is 4.99 Å². The summed E-state index contributed by atoms with van der Waals surface area (Å²) in [6, 6.07) is 7.94. The maximum absolute atomic E-state index is 5.38. The Morgan fingerprint density at radius 3 is 2.16 bits per heavy atom. The summed E-state index contributed by atoms with van der Waals surface area (Å²) in [7, 11) is 6.55. The number of nitrogens with zero attached hydrogens (tertiary/aromatic N) is 1. The molecule has 0 atom stereocenters. The van der Waals surface area contributed by atoms with Crippen molar-refractivity contribution < 1.29 is 14.2 Å². The van der Waals surface area contributed by atoms with Crippen LogP contribution in [-0.4, -0.2) is 34.3 Å². The predicted octanol–water partition coefficient (Wildman–Crippen LogP) is 3.40. The van der Waals surface area contributed by atoms with E-state index in [1.807, 2.05) is 18.2 Å². The molecule has 2 rings (SSSR count). The lowest BCUT2D eigenvalue weighted by Gasteiger charge is -2.15. The van der Waals surface area contributed by atoms with Gasteiger partial charge in [0.15, 0.2) is 17.5 Å². The average molecular weight is 428 g/mol. The Balaban J connectivity index is 2.01. The first-order valence-corrected chi connectivity index (χ1v) is 9.19. The molecular formula is C17H22BrN3O3S. The van der Waals surface area contributed by atoms with Crippen molar-refractivity contribution >= 4 is 33.2 Å². The molecule has 0 fully saturated rings. The lowest BCUT2D eigenvalue weighted by molar-refractivity contribution is 0.323. The van der Waals surface area contributed by atoms with Crippen LogP contribution >= 0.6 is 27.3 Å². The molecule has 25 heavy (non-hydrogen) atoms. The molecule has 0 aliphatic heterocycles. The van der Waals surface area contributed by atoms with Crippen molar-refractivity contribution in [3.8, 4) is 17.2 Å². The monoisotopic (exact) mass is 427 g/mol. The minimum Gasteiger partial charge on any atom is -0.493 e. The van der Waals surface area contributed by atoms with E-state index in [0.717, 1.165) is 15.3 Å². The number of methoxy groups -OCH3 is 3. The van der Waals surface area contributed by atoms with E-state index < -0.39 is 0 Å². The zero-order chi connectivity index (χ0) is 18.2. The first kappa shape index (κ1) is 19.4. The molecule has 1 aromatic heterocycles. The largest absolute Gasteiger partial charge is 0.493 e. The summed E-state index contributed by atoms with van der Waals surface area (Å²) in [5.41, 5.74) is 0.997. The predicted molar refractivity (Wildman–Crippen MR) is 105 cm³/mol. The van der Waals surface area contributed by atoms with Gasteiger partial charge in [-0.2, -0.15) is 0 Å². The molecule has 8 heteroatoms. The molecule has 2 aromatic rings. The summed E-state index contributed by atoms with van der Waals surface area (Å²) in [5, 5.41) is 6.57. The Kier molecular flexibility index (Phi) is 7.39. The third kappa shape index (κ3) is 5.27. The molecule has 0 saturated carbocycles. The first-order valence-electron chi connectivity index (χ1n) is 7.58. The van der Waals surface area contributed by atoms with Crippen molar-refractivity contribution in [3.05, 3.63) is 38.5 Å². The Bertz CT molecular complexity index is 709. The van der Waals surface area contributed by atoms with Crippen molar-refractivity contribution in [2.45, 2.75) is 13.1 Å². The van der Waals surface area contributed by atoms with Gasteiger partial charge in [0.1, 0.15) is 0 Å². The third-order valence-electron chi connectivity index (χ3n) is 3.47. The van der Waals surface area contributed by atoms with Gasteiger partial charge in [-0.3, -0.25) is 4.99 Å². The van der Waals surface area contributed by atoms with E-state index >= 15 is 0 Å². The van der Waals surface area contributed by atoms with Crippen LogP contribution in [0.3, 0.4) is 0 Å². The summed E-state index contributed by atoms with van der Waals surface area (Å²) in [5.74, 6) is 2.56. The number of ether oxygens (including phenoxy) is 3. The van der Waals surface area contributed by atoms with Gasteiger partial charge < -0.3 is 24.8 Å². The van der Waals surface area contributed by atoms with Gasteiger partial charge in [0.25, 0.3) is 0 Å². The van der Waals surface area contributed by atoms with E-state index in [-0.39, 0.29) is 0 Å². The lowest BCUT2D eigenvalue weighted by atomic mass is 10.2. The van der Waals surface area contributed by atoms with E-state index in [1.54, 1.807) is 39.7 Å². The van der Waals surface area contributed by atoms with Gasteiger partial charge >= 0.3 is 0 Å². The van der Waals surface area contributed by atoms with Gasteiger partial charge in [0.2, 0.25) is 5.75 Å². The molecule has 0 radical (unpaired) electrons. The summed E-state index contributed by atoms with van der Waals surface area (Å²) < 4.78 is 17.2. The fourth-order valence-electron chi connectivity index (χ4n) is 2.26. The van der Waals surface area contributed by atoms with Gasteiger partial charge in [-0.25, -0.2) is 0 Å². The van der Waals surface area contributed by atoms with Crippen molar-refractivity contribution in [1.82, 2.24) is 10.6 Å². The second-order valence-electron chi connectivity index (χ2n) is 5.02. The van der Waals surface area contributed by atoms with Crippen LogP contribution in [0.2, 0.25) is 0 Å². The van der Waals surface area contributed by atoms with Crippen LogP contribution in [0.1, 0.15) is 10.4 Å². The number of nitrogens with one attached hydrogen (secondary N) is 2. The molecule has 0 amide bonds. The maximum Gasteiger partial charge on any atom is 0.203 e. The Hall–Kier alpha value is -1.93. The summed E-state index contributed by atoms with van der Waals surface area (Å²) in [4.78, 5) is 5.47. The molecule has 0 aliphatic carbocycles. The molecule has 2 N–H and O–H groups in total. The number of hydrogen-bond donors (Lipinski definition) is 2. The minimum absolute atomic E-state index is 0.574. The van der Waals surface area contributed by atoms with Crippen LogP contribution in [-0.2, 0) is 13.1 Å². The van der Waals surface area contributed by atoms with Gasteiger partial charge in [0, 0.05) is 18.5 Å². The van der Waals surface area contributed by atoms with Gasteiger partial charge in [0.05, 0.1) is 31.7 Å². The van der Waals surface area contributed by atoms with Gasteiger partial charge in [-0.15, -0.1) is 11.3 Å². The van der Waals surface area contributed by atoms with E-state index in [0.29, 0.717) is 30.3 Å². The fraction of sp³-hybridized carbons (Fsp3) is 0.353. The molecule has 1 aromatic carbocycles. The highest BCUT2D eigenvalue weighted by Crippen LogP contribution is 2.38. The topological polar surface area (TPSA) is 64.1 Å². The molecule has 6 nitrogen and oxygen atoms in total. The van der Waals surface area contributed by atoms with E-state index in [4.69, 9.17) is 14.2 Å². The summed E-state index contributed by atoms with van der Waals surface area (Å²) in [6.07, 6.45) is 0. The maximum atomic E-state index is 5.38. The van der Waals surface area contributed by atoms with Crippen molar-refractivity contribution in [2.75, 3.05) is 28.4 Å². The molecule has 0 spiro atoms. The van der Waals surface area contributed by atoms with Crippen LogP contribution < -0.4 is 24.8 Å². The number of aliphatic imine (C=N–C) groups is 1. The normalized spacial score (nSPS) is 11.2. The first-order chi connectivity index (χ1) is 12.1. The smallest absolute Gasteiger partial charge is 0.203 e. The number of hydrogen-bond acceptors (Lipinski definition) is 5. The second kappa shape index (κ2) is 9.53. The lowest BCUT2D eigenvalue weighted by Crippen LogP contribution is -2.36. The molecule has 1 heterocycles. The van der Waals surface area contributed by atoms with Crippen LogP contribution in [0.25, 0.3) is 0 Å².